The van der Waals surface area contributed by atoms with Gasteiger partial charge < -0.3 is 0 Å². The Balaban J connectivity index is 1.87. The van der Waals surface area contributed by atoms with Crippen molar-refractivity contribution in [1.29, 1.82) is 0 Å². The van der Waals surface area contributed by atoms with Crippen LogP contribution in [0.3, 0.4) is 0 Å². The van der Waals surface area contributed by atoms with Gasteiger partial charge in [0, 0.05) is 21.8 Å². The molecule has 0 aliphatic carbocycles. The van der Waals surface area contributed by atoms with Crippen LogP contribution in [0.15, 0.2) is 83.9 Å². The molecule has 0 saturated carbocycles. The maximum atomic E-state index is 6.07. The molecular weight excluding hydrogens is 389 g/mol. The third-order valence-electron chi connectivity index (χ3n) is 4.38. The number of halogens is 2. The molecule has 4 aromatic rings. The van der Waals surface area contributed by atoms with Crippen LogP contribution in [0.25, 0.3) is 16.8 Å². The minimum atomic E-state index is 0.697. The van der Waals surface area contributed by atoms with E-state index in [-0.39, 0.29) is 0 Å². The largest absolute Gasteiger partial charge is 0.236 e. The Morgan fingerprint density at radius 3 is 2.07 bits per heavy atom. The Labute approximate surface area is 173 Å². The zero-order chi connectivity index (χ0) is 19.5. The van der Waals surface area contributed by atoms with E-state index in [2.05, 4.69) is 0 Å². The van der Waals surface area contributed by atoms with Crippen molar-refractivity contribution in [1.82, 2.24) is 9.78 Å². The first kappa shape index (κ1) is 18.5. The van der Waals surface area contributed by atoms with E-state index in [0.717, 1.165) is 33.9 Å². The molecule has 0 unspecified atom stereocenters. The molecule has 5 heteroatoms. The predicted molar refractivity (Wildman–Crippen MR) is 117 cm³/mol. The summed E-state index contributed by atoms with van der Waals surface area (Å²) in [5, 5.41) is 6.15. The standard InChI is InChI=1S/C23H17Cl2N3/c1-16-22(18-9-13-20(25)14-10-18)23(26-15-17-7-11-19(24)12-8-17)28(27-16)21-5-3-2-4-6-21/h2-15H,1H3/b26-15+. The summed E-state index contributed by atoms with van der Waals surface area (Å²) in [6.07, 6.45) is 1.83. The van der Waals surface area contributed by atoms with Crippen LogP contribution in [0.2, 0.25) is 10.0 Å². The van der Waals surface area contributed by atoms with Gasteiger partial charge in [0.05, 0.1) is 11.4 Å². The van der Waals surface area contributed by atoms with Crippen molar-refractivity contribution in [2.24, 2.45) is 4.99 Å². The number of para-hydroxylation sites is 1. The van der Waals surface area contributed by atoms with Crippen molar-refractivity contribution in [2.75, 3.05) is 0 Å². The summed E-state index contributed by atoms with van der Waals surface area (Å²) in [5.41, 5.74) is 4.81. The molecule has 0 N–H and O–H groups in total. The lowest BCUT2D eigenvalue weighted by atomic mass is 10.1. The highest BCUT2D eigenvalue weighted by molar-refractivity contribution is 6.30. The van der Waals surface area contributed by atoms with Gasteiger partial charge in [-0.1, -0.05) is 65.7 Å². The lowest BCUT2D eigenvalue weighted by molar-refractivity contribution is 0.863. The van der Waals surface area contributed by atoms with E-state index in [1.54, 1.807) is 0 Å². The Morgan fingerprint density at radius 1 is 0.821 bits per heavy atom. The number of hydrogen-bond acceptors (Lipinski definition) is 2. The van der Waals surface area contributed by atoms with E-state index < -0.39 is 0 Å². The zero-order valence-electron chi connectivity index (χ0n) is 15.2. The van der Waals surface area contributed by atoms with Gasteiger partial charge in [0.15, 0.2) is 5.82 Å². The lowest BCUT2D eigenvalue weighted by Gasteiger charge is -2.06. The van der Waals surface area contributed by atoms with Gasteiger partial charge in [-0.2, -0.15) is 5.10 Å². The van der Waals surface area contributed by atoms with E-state index in [1.165, 1.54) is 0 Å². The van der Waals surface area contributed by atoms with Crippen LogP contribution in [0, 0.1) is 6.92 Å². The van der Waals surface area contributed by atoms with Gasteiger partial charge in [-0.3, -0.25) is 0 Å². The third kappa shape index (κ3) is 3.86. The Morgan fingerprint density at radius 2 is 1.43 bits per heavy atom. The summed E-state index contributed by atoms with van der Waals surface area (Å²) in [5.74, 6) is 0.765. The molecule has 1 aromatic heterocycles. The fourth-order valence-electron chi connectivity index (χ4n) is 3.02. The number of aliphatic imine (C=N–C) groups is 1. The highest BCUT2D eigenvalue weighted by Crippen LogP contribution is 2.36. The zero-order valence-corrected chi connectivity index (χ0v) is 16.7. The molecule has 3 nitrogen and oxygen atoms in total. The quantitative estimate of drug-likeness (QED) is 0.339. The molecule has 4 rings (SSSR count). The maximum Gasteiger partial charge on any atom is 0.163 e. The van der Waals surface area contributed by atoms with Gasteiger partial charge in [0.25, 0.3) is 0 Å². The summed E-state index contributed by atoms with van der Waals surface area (Å²) < 4.78 is 1.87. The number of aromatic nitrogens is 2. The summed E-state index contributed by atoms with van der Waals surface area (Å²) in [7, 11) is 0. The van der Waals surface area contributed by atoms with Crippen molar-refractivity contribution in [2.45, 2.75) is 6.92 Å². The monoisotopic (exact) mass is 405 g/mol. The molecule has 1 heterocycles. The Kier molecular flexibility index (Phi) is 5.29. The van der Waals surface area contributed by atoms with Gasteiger partial charge in [0.1, 0.15) is 0 Å². The first-order chi connectivity index (χ1) is 13.6. The maximum absolute atomic E-state index is 6.07. The van der Waals surface area contributed by atoms with Crippen LogP contribution in [0.5, 0.6) is 0 Å². The lowest BCUT2D eigenvalue weighted by Crippen LogP contribution is -1.96. The summed E-state index contributed by atoms with van der Waals surface area (Å²) in [6, 6.07) is 25.3. The van der Waals surface area contributed by atoms with Gasteiger partial charge in [-0.25, -0.2) is 9.67 Å². The molecule has 0 spiro atoms. The molecule has 28 heavy (non-hydrogen) atoms. The van der Waals surface area contributed by atoms with Crippen LogP contribution in [-0.2, 0) is 0 Å². The molecule has 0 aliphatic rings. The average molecular weight is 406 g/mol. The van der Waals surface area contributed by atoms with Crippen molar-refractivity contribution >= 4 is 35.2 Å². The molecular formula is C23H17Cl2N3. The molecule has 0 atom stereocenters. The second-order valence-corrected chi connectivity index (χ2v) is 7.22. The van der Waals surface area contributed by atoms with Gasteiger partial charge in [-0.15, -0.1) is 0 Å². The molecule has 0 aliphatic heterocycles. The first-order valence-electron chi connectivity index (χ1n) is 8.82. The Bertz CT molecular complexity index is 1110. The SMILES string of the molecule is Cc1nn(-c2ccccc2)c(/N=C/c2ccc(Cl)cc2)c1-c1ccc(Cl)cc1. The highest BCUT2D eigenvalue weighted by Gasteiger charge is 2.17. The van der Waals surface area contributed by atoms with Crippen LogP contribution >= 0.6 is 23.2 Å². The van der Waals surface area contributed by atoms with Gasteiger partial charge in [-0.05, 0) is 54.4 Å². The van der Waals surface area contributed by atoms with Gasteiger partial charge >= 0.3 is 0 Å². The minimum Gasteiger partial charge on any atom is -0.236 e. The number of rotatable bonds is 4. The molecule has 0 saturated heterocycles. The highest BCUT2D eigenvalue weighted by atomic mass is 35.5. The van der Waals surface area contributed by atoms with Crippen LogP contribution < -0.4 is 0 Å². The number of aryl methyl sites for hydroxylation is 1. The van der Waals surface area contributed by atoms with Crippen molar-refractivity contribution in [3.05, 3.63) is 100 Å². The average Bonchev–Trinajstić information content (AvgIpc) is 3.05. The predicted octanol–water partition coefficient (Wildman–Crippen LogP) is 6.91. The van der Waals surface area contributed by atoms with Crippen LogP contribution in [-0.4, -0.2) is 16.0 Å². The van der Waals surface area contributed by atoms with Crippen LogP contribution in [0.4, 0.5) is 5.82 Å². The van der Waals surface area contributed by atoms with E-state index in [4.69, 9.17) is 33.3 Å². The number of benzene rings is 3. The van der Waals surface area contributed by atoms with E-state index in [9.17, 15) is 0 Å². The van der Waals surface area contributed by atoms with Gasteiger partial charge in [0.2, 0.25) is 0 Å². The molecule has 0 fully saturated rings. The van der Waals surface area contributed by atoms with Crippen LogP contribution in [0.1, 0.15) is 11.3 Å². The molecule has 3 aromatic carbocycles. The molecule has 138 valence electrons. The minimum absolute atomic E-state index is 0.697. The Hall–Kier alpha value is -2.88. The van der Waals surface area contributed by atoms with Crippen molar-refractivity contribution in [3.63, 3.8) is 0 Å². The van der Waals surface area contributed by atoms with E-state index in [0.29, 0.717) is 10.0 Å². The fourth-order valence-corrected chi connectivity index (χ4v) is 3.27. The summed E-state index contributed by atoms with van der Waals surface area (Å²) in [4.78, 5) is 4.80. The smallest absolute Gasteiger partial charge is 0.163 e. The molecule has 0 radical (unpaired) electrons. The normalized spacial score (nSPS) is 11.2. The summed E-state index contributed by atoms with van der Waals surface area (Å²) >= 11 is 12.1. The number of nitrogens with zero attached hydrogens (tertiary/aromatic N) is 3. The van der Waals surface area contributed by atoms with E-state index >= 15 is 0 Å². The topological polar surface area (TPSA) is 30.2 Å². The third-order valence-corrected chi connectivity index (χ3v) is 4.88. The van der Waals surface area contributed by atoms with Crippen molar-refractivity contribution in [3.8, 4) is 16.8 Å². The van der Waals surface area contributed by atoms with Crippen molar-refractivity contribution < 1.29 is 0 Å². The molecule has 0 bridgehead atoms. The second-order valence-electron chi connectivity index (χ2n) is 6.35. The van der Waals surface area contributed by atoms with E-state index in [1.807, 2.05) is 96.7 Å². The first-order valence-corrected chi connectivity index (χ1v) is 9.58. The summed E-state index contributed by atoms with van der Waals surface area (Å²) in [6.45, 7) is 1.99. The number of hydrogen-bond donors (Lipinski definition) is 0. The fraction of sp³-hybridized carbons (Fsp3) is 0.0435. The second kappa shape index (κ2) is 8.01. The molecule has 0 amide bonds.